The average molecular weight is 483 g/mol. The van der Waals surface area contributed by atoms with Gasteiger partial charge in [0, 0.05) is 24.9 Å². The zero-order chi connectivity index (χ0) is 18.0. The number of nitrogens with one attached hydrogen (secondary N) is 2. The fourth-order valence-electron chi connectivity index (χ4n) is 2.13. The maximum absolute atomic E-state index is 11.2. The summed E-state index contributed by atoms with van der Waals surface area (Å²) in [6.07, 6.45) is 1.80. The van der Waals surface area contributed by atoms with Crippen LogP contribution in [0.25, 0.3) is 0 Å². The molecule has 0 aliphatic heterocycles. The van der Waals surface area contributed by atoms with Gasteiger partial charge in [0.2, 0.25) is 0 Å². The highest BCUT2D eigenvalue weighted by atomic mass is 127. The summed E-state index contributed by atoms with van der Waals surface area (Å²) in [4.78, 5) is 4.56. The van der Waals surface area contributed by atoms with E-state index in [1.807, 2.05) is 39.0 Å². The molecule has 0 saturated heterocycles. The second-order valence-corrected chi connectivity index (χ2v) is 7.91. The van der Waals surface area contributed by atoms with E-state index in [-0.39, 0.29) is 29.7 Å². The van der Waals surface area contributed by atoms with Crippen LogP contribution < -0.4 is 15.4 Å². The summed E-state index contributed by atoms with van der Waals surface area (Å²) >= 11 is 0. The number of ether oxygens (including phenoxy) is 1. The molecule has 25 heavy (non-hydrogen) atoms. The Labute approximate surface area is 168 Å². The summed E-state index contributed by atoms with van der Waals surface area (Å²) in [6, 6.07) is 6.08. The van der Waals surface area contributed by atoms with Gasteiger partial charge in [-0.05, 0) is 38.8 Å². The lowest BCUT2D eigenvalue weighted by atomic mass is 10.1. The largest absolute Gasteiger partial charge is 0.494 e. The van der Waals surface area contributed by atoms with Crippen molar-refractivity contribution >= 4 is 39.8 Å². The van der Waals surface area contributed by atoms with Crippen molar-refractivity contribution in [3.05, 3.63) is 29.3 Å². The Bertz CT molecular complexity index is 649. The van der Waals surface area contributed by atoms with Crippen molar-refractivity contribution in [1.82, 2.24) is 10.6 Å². The standard InChI is InChI=1S/C17H29N3O3S.HI/c1-5-18-17(19-10-7-11-24(4,21)22)20-13-15-9-8-14(3)12-16(15)23-6-2;/h8-9,12H,5-7,10-11,13H2,1-4H3,(H2,18,19,20);1H. The molecule has 0 heterocycles. The Morgan fingerprint density at radius 3 is 2.56 bits per heavy atom. The van der Waals surface area contributed by atoms with E-state index in [9.17, 15) is 8.42 Å². The van der Waals surface area contributed by atoms with Gasteiger partial charge in [-0.15, -0.1) is 24.0 Å². The van der Waals surface area contributed by atoms with E-state index in [2.05, 4.69) is 15.6 Å². The molecule has 2 N–H and O–H groups in total. The molecule has 1 aromatic carbocycles. The lowest BCUT2D eigenvalue weighted by molar-refractivity contribution is 0.336. The molecule has 0 unspecified atom stereocenters. The molecule has 1 aromatic rings. The third kappa shape index (κ3) is 10.5. The summed E-state index contributed by atoms with van der Waals surface area (Å²) < 4.78 is 28.0. The molecule has 0 aliphatic rings. The first-order valence-corrected chi connectivity index (χ1v) is 10.3. The quantitative estimate of drug-likeness (QED) is 0.244. The Balaban J connectivity index is 0.00000576. The van der Waals surface area contributed by atoms with Crippen LogP contribution in [-0.2, 0) is 16.4 Å². The maximum Gasteiger partial charge on any atom is 0.191 e. The minimum atomic E-state index is -2.92. The normalized spacial score (nSPS) is 11.6. The molecule has 0 fully saturated rings. The number of aliphatic imine (C=N–C) groups is 1. The zero-order valence-corrected chi connectivity index (χ0v) is 18.6. The number of guanidine groups is 1. The molecule has 0 amide bonds. The van der Waals surface area contributed by atoms with Gasteiger partial charge >= 0.3 is 0 Å². The SMILES string of the molecule is CCNC(=NCc1ccc(C)cc1OCC)NCCCS(C)(=O)=O.I. The molecule has 6 nitrogen and oxygen atoms in total. The first kappa shape index (κ1) is 24.0. The van der Waals surface area contributed by atoms with Gasteiger partial charge in [0.05, 0.1) is 18.9 Å². The van der Waals surface area contributed by atoms with E-state index >= 15 is 0 Å². The number of rotatable bonds is 9. The van der Waals surface area contributed by atoms with Crippen molar-refractivity contribution in [2.45, 2.75) is 33.7 Å². The number of benzene rings is 1. The molecule has 0 spiro atoms. The second kappa shape index (κ2) is 12.3. The van der Waals surface area contributed by atoms with Crippen molar-refractivity contribution in [1.29, 1.82) is 0 Å². The minimum Gasteiger partial charge on any atom is -0.494 e. The molecule has 0 saturated carbocycles. The molecule has 0 bridgehead atoms. The van der Waals surface area contributed by atoms with E-state index in [1.165, 1.54) is 6.26 Å². The molecule has 0 radical (unpaired) electrons. The third-order valence-corrected chi connectivity index (χ3v) is 4.29. The highest BCUT2D eigenvalue weighted by Crippen LogP contribution is 2.21. The summed E-state index contributed by atoms with van der Waals surface area (Å²) in [5, 5.41) is 6.32. The molecular formula is C17H30IN3O3S. The number of sulfone groups is 1. The van der Waals surface area contributed by atoms with Crippen LogP contribution in [0.15, 0.2) is 23.2 Å². The fraction of sp³-hybridized carbons (Fsp3) is 0.588. The van der Waals surface area contributed by atoms with Gasteiger partial charge in [0.1, 0.15) is 15.6 Å². The van der Waals surface area contributed by atoms with Gasteiger partial charge in [-0.1, -0.05) is 12.1 Å². The Kier molecular flexibility index (Phi) is 11.8. The van der Waals surface area contributed by atoms with Crippen LogP contribution >= 0.6 is 24.0 Å². The first-order valence-electron chi connectivity index (χ1n) is 8.28. The topological polar surface area (TPSA) is 79.8 Å². The van der Waals surface area contributed by atoms with E-state index in [0.29, 0.717) is 32.1 Å². The van der Waals surface area contributed by atoms with E-state index < -0.39 is 9.84 Å². The first-order chi connectivity index (χ1) is 11.4. The van der Waals surface area contributed by atoms with E-state index in [4.69, 9.17) is 4.74 Å². The van der Waals surface area contributed by atoms with E-state index in [0.717, 1.165) is 23.4 Å². The van der Waals surface area contributed by atoms with Crippen molar-refractivity contribution < 1.29 is 13.2 Å². The molecule has 1 rings (SSSR count). The van der Waals surface area contributed by atoms with Crippen LogP contribution in [0, 0.1) is 6.92 Å². The summed E-state index contributed by atoms with van der Waals surface area (Å²) in [5.41, 5.74) is 2.17. The Morgan fingerprint density at radius 2 is 1.96 bits per heavy atom. The number of halogens is 1. The summed E-state index contributed by atoms with van der Waals surface area (Å²) in [5.74, 6) is 1.70. The van der Waals surface area contributed by atoms with Crippen LogP contribution in [0.3, 0.4) is 0 Å². The molecular weight excluding hydrogens is 453 g/mol. The number of hydrogen-bond acceptors (Lipinski definition) is 4. The van der Waals surface area contributed by atoms with Gasteiger partial charge in [-0.3, -0.25) is 0 Å². The summed E-state index contributed by atoms with van der Waals surface area (Å²) in [7, 11) is -2.92. The molecule has 144 valence electrons. The van der Waals surface area contributed by atoms with Crippen LogP contribution in [0.2, 0.25) is 0 Å². The molecule has 8 heteroatoms. The summed E-state index contributed by atoms with van der Waals surface area (Å²) in [6.45, 7) is 8.40. The Hall–Kier alpha value is -1.03. The van der Waals surface area contributed by atoms with Gasteiger partial charge in [-0.2, -0.15) is 0 Å². The molecule has 0 atom stereocenters. The maximum atomic E-state index is 11.2. The smallest absolute Gasteiger partial charge is 0.191 e. The fourth-order valence-corrected chi connectivity index (χ4v) is 2.80. The van der Waals surface area contributed by atoms with Crippen molar-refractivity contribution in [3.63, 3.8) is 0 Å². The van der Waals surface area contributed by atoms with Gasteiger partial charge < -0.3 is 15.4 Å². The van der Waals surface area contributed by atoms with Crippen LogP contribution in [-0.4, -0.2) is 46.1 Å². The van der Waals surface area contributed by atoms with Crippen LogP contribution in [0.4, 0.5) is 0 Å². The van der Waals surface area contributed by atoms with Gasteiger partial charge in [-0.25, -0.2) is 13.4 Å². The number of aryl methyl sites for hydroxylation is 1. The number of nitrogens with zero attached hydrogens (tertiary/aromatic N) is 1. The lowest BCUT2D eigenvalue weighted by Crippen LogP contribution is -2.38. The highest BCUT2D eigenvalue weighted by molar-refractivity contribution is 14.0. The molecule has 0 aliphatic carbocycles. The van der Waals surface area contributed by atoms with Crippen LogP contribution in [0.5, 0.6) is 5.75 Å². The number of hydrogen-bond donors (Lipinski definition) is 2. The van der Waals surface area contributed by atoms with Crippen molar-refractivity contribution in [2.75, 3.05) is 31.7 Å². The van der Waals surface area contributed by atoms with Crippen molar-refractivity contribution in [3.8, 4) is 5.75 Å². The van der Waals surface area contributed by atoms with E-state index in [1.54, 1.807) is 0 Å². The Morgan fingerprint density at radius 1 is 1.24 bits per heavy atom. The predicted octanol–water partition coefficient (Wildman–Crippen LogP) is 2.50. The van der Waals surface area contributed by atoms with Gasteiger partial charge in [0.15, 0.2) is 5.96 Å². The van der Waals surface area contributed by atoms with Crippen molar-refractivity contribution in [2.24, 2.45) is 4.99 Å². The lowest BCUT2D eigenvalue weighted by Gasteiger charge is -2.13. The molecule has 0 aromatic heterocycles. The highest BCUT2D eigenvalue weighted by Gasteiger charge is 2.05. The zero-order valence-electron chi connectivity index (χ0n) is 15.5. The monoisotopic (exact) mass is 483 g/mol. The average Bonchev–Trinajstić information content (AvgIpc) is 2.50. The van der Waals surface area contributed by atoms with Gasteiger partial charge in [0.25, 0.3) is 0 Å². The predicted molar refractivity (Wildman–Crippen MR) is 115 cm³/mol. The van der Waals surface area contributed by atoms with Crippen LogP contribution in [0.1, 0.15) is 31.4 Å². The second-order valence-electron chi connectivity index (χ2n) is 5.65. The third-order valence-electron chi connectivity index (χ3n) is 3.26. The minimum absolute atomic E-state index is 0.